The van der Waals surface area contributed by atoms with Gasteiger partial charge in [0.15, 0.2) is 17.8 Å². The van der Waals surface area contributed by atoms with Gasteiger partial charge in [0.2, 0.25) is 0 Å². The van der Waals surface area contributed by atoms with Crippen molar-refractivity contribution >= 4 is 17.5 Å². The number of hydrogen-bond donors (Lipinski definition) is 1. The monoisotopic (exact) mass is 426 g/mol. The minimum absolute atomic E-state index is 0.122. The Hall–Kier alpha value is -4.26. The summed E-state index contributed by atoms with van der Waals surface area (Å²) in [5, 5.41) is 2.82. The molecule has 0 saturated heterocycles. The van der Waals surface area contributed by atoms with Crippen LogP contribution in [0.4, 0.5) is 5.69 Å². The highest BCUT2D eigenvalue weighted by atomic mass is 16.3. The highest BCUT2D eigenvalue weighted by molar-refractivity contribution is 6.11. The number of rotatable bonds is 7. The molecule has 0 radical (unpaired) electrons. The maximum absolute atomic E-state index is 13.4. The topological polar surface area (TPSA) is 88.3 Å². The largest absolute Gasteiger partial charge is 0.443 e. The fourth-order valence-electron chi connectivity index (χ4n) is 3.43. The summed E-state index contributed by atoms with van der Waals surface area (Å²) >= 11 is 0. The first-order chi connectivity index (χ1) is 15.7. The summed E-state index contributed by atoms with van der Waals surface area (Å²) in [4.78, 5) is 36.1. The Kier molecular flexibility index (Phi) is 6.36. The first kappa shape index (κ1) is 21.0. The molecule has 160 valence electrons. The molecule has 2 amide bonds. The molecule has 2 aromatic heterocycles. The van der Waals surface area contributed by atoms with Crippen molar-refractivity contribution in [1.82, 2.24) is 15.3 Å². The second-order valence-corrected chi connectivity index (χ2v) is 7.00. The van der Waals surface area contributed by atoms with Gasteiger partial charge in [0, 0.05) is 36.7 Å². The van der Waals surface area contributed by atoms with Crippen LogP contribution in [-0.2, 0) is 6.54 Å². The van der Waals surface area contributed by atoms with Gasteiger partial charge in [0.1, 0.15) is 0 Å². The SMILES string of the molecule is CCN(C(=O)c1ccccc1-c1ocnc1C(=O)NCc1cccnc1)c1ccccc1. The molecule has 0 unspecified atom stereocenters. The first-order valence-corrected chi connectivity index (χ1v) is 10.3. The summed E-state index contributed by atoms with van der Waals surface area (Å²) in [7, 11) is 0. The van der Waals surface area contributed by atoms with E-state index in [1.807, 2.05) is 43.3 Å². The number of aromatic nitrogens is 2. The van der Waals surface area contributed by atoms with Gasteiger partial charge in [-0.2, -0.15) is 0 Å². The Balaban J connectivity index is 1.63. The third kappa shape index (κ3) is 4.41. The van der Waals surface area contributed by atoms with Gasteiger partial charge in [-0.3, -0.25) is 14.6 Å². The summed E-state index contributed by atoms with van der Waals surface area (Å²) in [5.41, 5.74) is 2.72. The summed E-state index contributed by atoms with van der Waals surface area (Å²) in [6, 6.07) is 20.2. The minimum Gasteiger partial charge on any atom is -0.443 e. The van der Waals surface area contributed by atoms with Gasteiger partial charge in [-0.1, -0.05) is 42.5 Å². The molecule has 4 rings (SSSR count). The van der Waals surface area contributed by atoms with E-state index in [4.69, 9.17) is 4.42 Å². The molecule has 1 N–H and O–H groups in total. The van der Waals surface area contributed by atoms with E-state index >= 15 is 0 Å². The van der Waals surface area contributed by atoms with Crippen molar-refractivity contribution in [2.45, 2.75) is 13.5 Å². The van der Waals surface area contributed by atoms with Crippen molar-refractivity contribution in [3.05, 3.63) is 102 Å². The third-order valence-corrected chi connectivity index (χ3v) is 4.99. The van der Waals surface area contributed by atoms with Gasteiger partial charge >= 0.3 is 0 Å². The summed E-state index contributed by atoms with van der Waals surface area (Å²) < 4.78 is 5.58. The molecule has 2 heterocycles. The zero-order valence-electron chi connectivity index (χ0n) is 17.6. The Morgan fingerprint density at radius 1 is 1.00 bits per heavy atom. The lowest BCUT2D eigenvalue weighted by Gasteiger charge is -2.22. The van der Waals surface area contributed by atoms with Crippen molar-refractivity contribution in [2.24, 2.45) is 0 Å². The molecule has 0 fully saturated rings. The minimum atomic E-state index is -0.393. The van der Waals surface area contributed by atoms with Gasteiger partial charge in [-0.15, -0.1) is 0 Å². The number of oxazole rings is 1. The maximum atomic E-state index is 13.4. The quantitative estimate of drug-likeness (QED) is 0.475. The lowest BCUT2D eigenvalue weighted by molar-refractivity contribution is 0.0944. The molecular weight excluding hydrogens is 404 g/mol. The molecule has 4 aromatic rings. The molecule has 7 nitrogen and oxygen atoms in total. The van der Waals surface area contributed by atoms with Crippen LogP contribution < -0.4 is 10.2 Å². The molecule has 0 spiro atoms. The molecule has 7 heteroatoms. The number of carbonyl (C=O) groups excluding carboxylic acids is 2. The summed E-state index contributed by atoms with van der Waals surface area (Å²) in [6.07, 6.45) is 4.56. The number of para-hydroxylation sites is 1. The maximum Gasteiger partial charge on any atom is 0.274 e. The van der Waals surface area contributed by atoms with E-state index in [9.17, 15) is 9.59 Å². The molecule has 0 bridgehead atoms. The van der Waals surface area contributed by atoms with Crippen molar-refractivity contribution in [3.8, 4) is 11.3 Å². The van der Waals surface area contributed by atoms with Crippen LogP contribution >= 0.6 is 0 Å². The molecule has 0 aliphatic carbocycles. The average Bonchev–Trinajstić information content (AvgIpc) is 3.34. The Labute approximate surface area is 185 Å². The Bertz CT molecular complexity index is 1210. The number of hydrogen-bond acceptors (Lipinski definition) is 5. The molecule has 0 saturated carbocycles. The number of anilines is 1. The van der Waals surface area contributed by atoms with E-state index in [0.717, 1.165) is 11.3 Å². The van der Waals surface area contributed by atoms with E-state index in [1.54, 1.807) is 47.6 Å². The van der Waals surface area contributed by atoms with Crippen molar-refractivity contribution in [1.29, 1.82) is 0 Å². The fourth-order valence-corrected chi connectivity index (χ4v) is 3.43. The lowest BCUT2D eigenvalue weighted by Crippen LogP contribution is -2.31. The van der Waals surface area contributed by atoms with E-state index in [-0.39, 0.29) is 17.4 Å². The van der Waals surface area contributed by atoms with Crippen LogP contribution in [0, 0.1) is 0 Å². The molecule has 0 atom stereocenters. The van der Waals surface area contributed by atoms with Gasteiger partial charge in [-0.05, 0) is 36.8 Å². The van der Waals surface area contributed by atoms with Crippen LogP contribution in [0.5, 0.6) is 0 Å². The molecular formula is C25H22N4O3. The normalized spacial score (nSPS) is 10.5. The van der Waals surface area contributed by atoms with Crippen LogP contribution in [0.25, 0.3) is 11.3 Å². The molecule has 2 aromatic carbocycles. The number of nitrogens with zero attached hydrogens (tertiary/aromatic N) is 3. The van der Waals surface area contributed by atoms with Gasteiger partial charge in [0.25, 0.3) is 11.8 Å². The van der Waals surface area contributed by atoms with Crippen molar-refractivity contribution < 1.29 is 14.0 Å². The van der Waals surface area contributed by atoms with Crippen LogP contribution in [0.15, 0.2) is 89.9 Å². The van der Waals surface area contributed by atoms with E-state index in [1.165, 1.54) is 6.39 Å². The zero-order chi connectivity index (χ0) is 22.3. The second kappa shape index (κ2) is 9.70. The number of carbonyl (C=O) groups is 2. The summed E-state index contributed by atoms with van der Waals surface area (Å²) in [6.45, 7) is 2.71. The second-order valence-electron chi connectivity index (χ2n) is 7.00. The summed E-state index contributed by atoms with van der Waals surface area (Å²) in [5.74, 6) is -0.329. The van der Waals surface area contributed by atoms with Gasteiger partial charge in [-0.25, -0.2) is 4.98 Å². The smallest absolute Gasteiger partial charge is 0.274 e. The number of nitrogens with one attached hydrogen (secondary N) is 1. The standard InChI is InChI=1S/C25H22N4O3/c1-2-29(19-10-4-3-5-11-19)25(31)21-13-7-6-12-20(21)23-22(28-17-32-23)24(30)27-16-18-9-8-14-26-15-18/h3-15,17H,2,16H2,1H3,(H,27,30). The lowest BCUT2D eigenvalue weighted by atomic mass is 10.0. The average molecular weight is 426 g/mol. The van der Waals surface area contributed by atoms with Gasteiger partial charge < -0.3 is 14.6 Å². The van der Waals surface area contributed by atoms with Crippen LogP contribution in [0.3, 0.4) is 0 Å². The predicted molar refractivity (Wildman–Crippen MR) is 121 cm³/mol. The van der Waals surface area contributed by atoms with E-state index in [0.29, 0.717) is 24.2 Å². The molecule has 0 aliphatic rings. The van der Waals surface area contributed by atoms with Crippen LogP contribution in [0.2, 0.25) is 0 Å². The first-order valence-electron chi connectivity index (χ1n) is 10.3. The Morgan fingerprint density at radius 2 is 1.78 bits per heavy atom. The number of pyridine rings is 1. The molecule has 32 heavy (non-hydrogen) atoms. The van der Waals surface area contributed by atoms with Crippen molar-refractivity contribution in [2.75, 3.05) is 11.4 Å². The molecule has 0 aliphatic heterocycles. The van der Waals surface area contributed by atoms with Crippen LogP contribution in [0.1, 0.15) is 33.3 Å². The van der Waals surface area contributed by atoms with E-state index in [2.05, 4.69) is 15.3 Å². The highest BCUT2D eigenvalue weighted by Gasteiger charge is 2.25. The number of benzene rings is 2. The van der Waals surface area contributed by atoms with Gasteiger partial charge in [0.05, 0.1) is 5.56 Å². The van der Waals surface area contributed by atoms with Crippen molar-refractivity contribution in [3.63, 3.8) is 0 Å². The zero-order valence-corrected chi connectivity index (χ0v) is 17.6. The Morgan fingerprint density at radius 3 is 2.53 bits per heavy atom. The number of amides is 2. The van der Waals surface area contributed by atoms with E-state index < -0.39 is 5.91 Å². The fraction of sp³-hybridized carbons (Fsp3) is 0.120. The third-order valence-electron chi connectivity index (χ3n) is 4.99. The van der Waals surface area contributed by atoms with Crippen LogP contribution in [-0.4, -0.2) is 28.3 Å². The highest BCUT2D eigenvalue weighted by Crippen LogP contribution is 2.29. The predicted octanol–water partition coefficient (Wildman–Crippen LogP) is 4.33.